The van der Waals surface area contributed by atoms with Gasteiger partial charge in [0.05, 0.1) is 21.5 Å². The zero-order valence-corrected chi connectivity index (χ0v) is 29.9. The van der Waals surface area contributed by atoms with E-state index in [1.807, 2.05) is 27.7 Å². The van der Waals surface area contributed by atoms with E-state index in [0.717, 1.165) is 84.0 Å². The van der Waals surface area contributed by atoms with Crippen molar-refractivity contribution < 1.29 is 14.6 Å². The number of benzene rings is 2. The van der Waals surface area contributed by atoms with Crippen molar-refractivity contribution in [3.63, 3.8) is 0 Å². The van der Waals surface area contributed by atoms with Gasteiger partial charge in [-0.1, -0.05) is 50.2 Å². The van der Waals surface area contributed by atoms with E-state index < -0.39 is 17.7 Å². The molecule has 0 saturated carbocycles. The summed E-state index contributed by atoms with van der Waals surface area (Å²) in [6.07, 6.45) is 3.49. The van der Waals surface area contributed by atoms with Crippen LogP contribution in [0, 0.1) is 19.3 Å². The first-order valence-electron chi connectivity index (χ1n) is 17.0. The fraction of sp³-hybridized carbons (Fsp3) is 0.436. The molecule has 5 aromatic rings. The van der Waals surface area contributed by atoms with Crippen molar-refractivity contribution in [2.24, 2.45) is 5.41 Å². The van der Waals surface area contributed by atoms with Crippen LogP contribution in [0.3, 0.4) is 0 Å². The number of aromatic nitrogens is 3. The molecule has 0 amide bonds. The number of nitrogens with zero attached hydrogens (tertiary/aromatic N) is 5. The number of hydrogen-bond donors (Lipinski definition) is 1. The van der Waals surface area contributed by atoms with E-state index in [2.05, 4.69) is 78.0 Å². The van der Waals surface area contributed by atoms with Crippen LogP contribution in [0.2, 0.25) is 0 Å². The highest BCUT2D eigenvalue weighted by Crippen LogP contribution is 2.46. The van der Waals surface area contributed by atoms with Crippen LogP contribution >= 0.6 is 11.3 Å². The van der Waals surface area contributed by atoms with Crippen LogP contribution in [0.15, 0.2) is 48.8 Å². The maximum atomic E-state index is 12.9. The largest absolute Gasteiger partial charge is 0.479 e. The Hall–Kier alpha value is -4.08. The highest BCUT2D eigenvalue weighted by Gasteiger charge is 2.37. The van der Waals surface area contributed by atoms with Crippen LogP contribution in [0.1, 0.15) is 81.6 Å². The first-order chi connectivity index (χ1) is 22.8. The summed E-state index contributed by atoms with van der Waals surface area (Å²) in [5.41, 5.74) is 8.50. The molecule has 3 aromatic heterocycles. The second-order valence-electron chi connectivity index (χ2n) is 15.1. The third kappa shape index (κ3) is 6.03. The molecular weight excluding hydrogens is 619 g/mol. The van der Waals surface area contributed by atoms with E-state index in [9.17, 15) is 9.90 Å². The smallest absolute Gasteiger partial charge is 0.337 e. The molecule has 250 valence electrons. The third-order valence-corrected chi connectivity index (χ3v) is 11.1. The molecule has 0 radical (unpaired) electrons. The number of ether oxygens (including phenoxy) is 1. The Kier molecular flexibility index (Phi) is 8.19. The highest BCUT2D eigenvalue weighted by atomic mass is 32.1. The molecule has 0 bridgehead atoms. The molecule has 2 aliphatic heterocycles. The van der Waals surface area contributed by atoms with E-state index >= 15 is 0 Å². The molecule has 0 spiro atoms. The minimum Gasteiger partial charge on any atom is -0.479 e. The fourth-order valence-electron chi connectivity index (χ4n) is 7.38. The first kappa shape index (κ1) is 32.5. The number of pyridine rings is 1. The predicted octanol–water partition coefficient (Wildman–Crippen LogP) is 8.65. The lowest BCUT2D eigenvalue weighted by atomic mass is 9.81. The Bertz CT molecular complexity index is 2040. The molecule has 0 aliphatic carbocycles. The van der Waals surface area contributed by atoms with Gasteiger partial charge in [-0.15, -0.1) is 11.3 Å². The summed E-state index contributed by atoms with van der Waals surface area (Å²) < 4.78 is 8.64. The van der Waals surface area contributed by atoms with Crippen molar-refractivity contribution >= 4 is 49.1 Å². The standard InChI is InChI=1S/C39H45N5O3S/c1-23-30(33(43-18-15-39(6,7)16-19-43)31(24(2)42-23)34(37(45)46)47-38(3,4)5)26-12-13-27-21-44(17-14-25(27)20-26)36-35-32(40-22-41-36)28-10-8-9-11-29(28)48-35/h8-13,20,22,34H,14-19,21H2,1-7H3,(H,45,46)/t34-/m0/s1. The SMILES string of the molecule is Cc1nc(C)c([C@H](OC(C)(C)C)C(=O)O)c(N2CCC(C)(C)CC2)c1-c1ccc2c(c1)CCN(c1ncnc3c1sc1ccccc13)C2. The predicted molar refractivity (Wildman–Crippen MR) is 195 cm³/mol. The summed E-state index contributed by atoms with van der Waals surface area (Å²) in [6, 6.07) is 15.2. The van der Waals surface area contributed by atoms with Crippen molar-refractivity contribution in [2.45, 2.75) is 86.0 Å². The van der Waals surface area contributed by atoms with Gasteiger partial charge in [0.15, 0.2) is 6.10 Å². The number of anilines is 2. The fourth-order valence-corrected chi connectivity index (χ4v) is 8.55. The lowest BCUT2D eigenvalue weighted by molar-refractivity contribution is -0.160. The van der Waals surface area contributed by atoms with Gasteiger partial charge in [-0.05, 0) is 82.1 Å². The number of carboxylic acids is 1. The Balaban J connectivity index is 1.30. The number of fused-ring (bicyclic) bond motifs is 4. The quantitative estimate of drug-likeness (QED) is 0.193. The molecule has 1 fully saturated rings. The first-order valence-corrected chi connectivity index (χ1v) is 17.8. The Morgan fingerprint density at radius 1 is 0.979 bits per heavy atom. The molecule has 1 atom stereocenters. The van der Waals surface area contributed by atoms with Crippen molar-refractivity contribution in [3.05, 3.63) is 76.9 Å². The van der Waals surface area contributed by atoms with Crippen molar-refractivity contribution in [3.8, 4) is 11.1 Å². The number of rotatable bonds is 6. The molecule has 0 unspecified atom stereocenters. The summed E-state index contributed by atoms with van der Waals surface area (Å²) in [7, 11) is 0. The summed E-state index contributed by atoms with van der Waals surface area (Å²) in [4.78, 5) is 32.1. The van der Waals surface area contributed by atoms with E-state index in [-0.39, 0.29) is 5.41 Å². The van der Waals surface area contributed by atoms with Gasteiger partial charge in [-0.3, -0.25) is 4.98 Å². The second-order valence-corrected chi connectivity index (χ2v) is 16.2. The van der Waals surface area contributed by atoms with Gasteiger partial charge in [-0.25, -0.2) is 14.8 Å². The summed E-state index contributed by atoms with van der Waals surface area (Å²) in [5.74, 6) is -0.000710. The van der Waals surface area contributed by atoms with E-state index in [4.69, 9.17) is 14.7 Å². The van der Waals surface area contributed by atoms with Crippen molar-refractivity contribution in [2.75, 3.05) is 29.4 Å². The second kappa shape index (κ2) is 12.1. The maximum absolute atomic E-state index is 12.9. The minimum atomic E-state index is -1.13. The van der Waals surface area contributed by atoms with Crippen LogP contribution in [0.25, 0.3) is 31.4 Å². The number of aliphatic carboxylic acids is 1. The van der Waals surface area contributed by atoms with Crippen LogP contribution < -0.4 is 9.80 Å². The van der Waals surface area contributed by atoms with Crippen LogP contribution in [0.4, 0.5) is 11.5 Å². The van der Waals surface area contributed by atoms with E-state index in [0.29, 0.717) is 11.3 Å². The molecule has 5 heterocycles. The molecule has 1 N–H and O–H groups in total. The number of carboxylic acid groups (broad SMARTS) is 1. The maximum Gasteiger partial charge on any atom is 0.337 e. The molecule has 8 nitrogen and oxygen atoms in total. The van der Waals surface area contributed by atoms with Gasteiger partial charge in [-0.2, -0.15) is 0 Å². The molecule has 1 saturated heterocycles. The molecule has 2 aliphatic rings. The van der Waals surface area contributed by atoms with E-state index in [1.165, 1.54) is 21.2 Å². The van der Waals surface area contributed by atoms with Gasteiger partial charge in [0.2, 0.25) is 0 Å². The lowest BCUT2D eigenvalue weighted by Crippen LogP contribution is -2.39. The van der Waals surface area contributed by atoms with Crippen LogP contribution in [-0.2, 0) is 22.5 Å². The number of thiophene rings is 1. The monoisotopic (exact) mass is 663 g/mol. The van der Waals surface area contributed by atoms with Gasteiger partial charge < -0.3 is 19.6 Å². The van der Waals surface area contributed by atoms with Crippen LogP contribution in [-0.4, -0.2) is 51.3 Å². The average Bonchev–Trinajstić information content (AvgIpc) is 3.42. The Labute approximate surface area is 286 Å². The molecule has 48 heavy (non-hydrogen) atoms. The normalized spacial score (nSPS) is 17.1. The van der Waals surface area contributed by atoms with Gasteiger partial charge >= 0.3 is 5.97 Å². The summed E-state index contributed by atoms with van der Waals surface area (Å²) in [6.45, 7) is 17.6. The van der Waals surface area contributed by atoms with Crippen molar-refractivity contribution in [1.29, 1.82) is 0 Å². The summed E-state index contributed by atoms with van der Waals surface area (Å²) >= 11 is 1.76. The highest BCUT2D eigenvalue weighted by molar-refractivity contribution is 7.26. The minimum absolute atomic E-state index is 0.241. The lowest BCUT2D eigenvalue weighted by Gasteiger charge is -2.41. The van der Waals surface area contributed by atoms with E-state index in [1.54, 1.807) is 17.7 Å². The number of hydrogen-bond acceptors (Lipinski definition) is 8. The summed E-state index contributed by atoms with van der Waals surface area (Å²) in [5, 5.41) is 11.7. The third-order valence-electron chi connectivity index (χ3n) is 9.92. The van der Waals surface area contributed by atoms with Gasteiger partial charge in [0.25, 0.3) is 0 Å². The zero-order valence-electron chi connectivity index (χ0n) is 29.1. The topological polar surface area (TPSA) is 91.7 Å². The Morgan fingerprint density at radius 3 is 2.46 bits per heavy atom. The molecular formula is C39H45N5O3S. The zero-order chi connectivity index (χ0) is 34.0. The van der Waals surface area contributed by atoms with Crippen molar-refractivity contribution in [1.82, 2.24) is 15.0 Å². The van der Waals surface area contributed by atoms with Crippen LogP contribution in [0.5, 0.6) is 0 Å². The Morgan fingerprint density at radius 2 is 1.73 bits per heavy atom. The molecule has 7 rings (SSSR count). The number of piperidine rings is 1. The molecule has 9 heteroatoms. The molecule has 2 aromatic carbocycles. The number of carbonyl (C=O) groups is 1. The average molecular weight is 664 g/mol. The van der Waals surface area contributed by atoms with Gasteiger partial charge in [0.1, 0.15) is 12.1 Å². The number of aryl methyl sites for hydroxylation is 2. The van der Waals surface area contributed by atoms with Gasteiger partial charge in [0, 0.05) is 58.8 Å².